The topological polar surface area (TPSA) is 58.6 Å². The SMILES string of the molecule is CC1CN(C(=O)Nc2cccc(COc3ccc(F)cc3)c2)CCS(=O)C1. The molecule has 1 saturated heterocycles. The van der Waals surface area contributed by atoms with E-state index in [1.807, 2.05) is 31.2 Å². The van der Waals surface area contributed by atoms with E-state index in [2.05, 4.69) is 5.32 Å². The van der Waals surface area contributed by atoms with Crippen LogP contribution in [0.5, 0.6) is 5.75 Å². The van der Waals surface area contributed by atoms with Crippen molar-refractivity contribution in [2.24, 2.45) is 5.92 Å². The number of halogens is 1. The van der Waals surface area contributed by atoms with Gasteiger partial charge in [-0.3, -0.25) is 4.21 Å². The quantitative estimate of drug-likeness (QED) is 0.867. The van der Waals surface area contributed by atoms with Crippen molar-refractivity contribution in [2.45, 2.75) is 13.5 Å². The van der Waals surface area contributed by atoms with E-state index < -0.39 is 10.8 Å². The molecule has 2 aromatic carbocycles. The molecule has 1 N–H and O–H groups in total. The lowest BCUT2D eigenvalue weighted by Crippen LogP contribution is -2.38. The first kappa shape index (κ1) is 19.4. The highest BCUT2D eigenvalue weighted by Gasteiger charge is 2.22. The Morgan fingerprint density at radius 2 is 2.07 bits per heavy atom. The van der Waals surface area contributed by atoms with Crippen LogP contribution in [0.25, 0.3) is 0 Å². The summed E-state index contributed by atoms with van der Waals surface area (Å²) in [5, 5.41) is 2.90. The lowest BCUT2D eigenvalue weighted by Gasteiger charge is -2.22. The first-order valence-corrected chi connectivity index (χ1v) is 10.4. The van der Waals surface area contributed by atoms with Crippen LogP contribution in [-0.4, -0.2) is 39.7 Å². The van der Waals surface area contributed by atoms with E-state index in [4.69, 9.17) is 4.74 Å². The highest BCUT2D eigenvalue weighted by atomic mass is 32.2. The van der Waals surface area contributed by atoms with E-state index in [0.717, 1.165) is 5.56 Å². The van der Waals surface area contributed by atoms with Gasteiger partial charge in [-0.05, 0) is 47.9 Å². The molecule has 0 aliphatic carbocycles. The number of rotatable bonds is 4. The predicted molar refractivity (Wildman–Crippen MR) is 105 cm³/mol. The van der Waals surface area contributed by atoms with Crippen molar-refractivity contribution in [1.29, 1.82) is 0 Å². The minimum absolute atomic E-state index is 0.183. The molecule has 2 aromatic rings. The summed E-state index contributed by atoms with van der Waals surface area (Å²) < 4.78 is 30.4. The largest absolute Gasteiger partial charge is 0.489 e. The Labute approximate surface area is 161 Å². The number of hydrogen-bond donors (Lipinski definition) is 1. The molecule has 1 aliphatic heterocycles. The summed E-state index contributed by atoms with van der Waals surface area (Å²) >= 11 is 0. The summed E-state index contributed by atoms with van der Waals surface area (Å²) in [6.45, 7) is 3.42. The van der Waals surface area contributed by atoms with Crippen LogP contribution >= 0.6 is 0 Å². The van der Waals surface area contributed by atoms with Gasteiger partial charge in [0.1, 0.15) is 18.2 Å². The van der Waals surface area contributed by atoms with Crippen LogP contribution < -0.4 is 10.1 Å². The van der Waals surface area contributed by atoms with E-state index in [0.29, 0.717) is 42.6 Å². The smallest absolute Gasteiger partial charge is 0.321 e. The number of ether oxygens (including phenoxy) is 1. The van der Waals surface area contributed by atoms with Crippen LogP contribution in [0.4, 0.5) is 14.9 Å². The van der Waals surface area contributed by atoms with Gasteiger partial charge in [0.15, 0.2) is 0 Å². The number of nitrogens with zero attached hydrogens (tertiary/aromatic N) is 1. The molecule has 144 valence electrons. The molecule has 2 amide bonds. The maximum absolute atomic E-state index is 12.9. The third-order valence-corrected chi connectivity index (χ3v) is 5.85. The molecular formula is C20H23FN2O3S. The molecule has 5 nitrogen and oxygen atoms in total. The normalized spacial score (nSPS) is 20.0. The van der Waals surface area contributed by atoms with Crippen LogP contribution in [0, 0.1) is 11.7 Å². The van der Waals surface area contributed by atoms with Crippen LogP contribution in [-0.2, 0) is 17.4 Å². The Balaban J connectivity index is 1.58. The fraction of sp³-hybridized carbons (Fsp3) is 0.350. The minimum atomic E-state index is -0.859. The summed E-state index contributed by atoms with van der Waals surface area (Å²) in [6.07, 6.45) is 0. The van der Waals surface area contributed by atoms with Gasteiger partial charge >= 0.3 is 6.03 Å². The van der Waals surface area contributed by atoms with Gasteiger partial charge in [-0.2, -0.15) is 0 Å². The first-order chi connectivity index (χ1) is 13.0. The van der Waals surface area contributed by atoms with Gasteiger partial charge < -0.3 is 15.0 Å². The van der Waals surface area contributed by atoms with Crippen LogP contribution in [0.2, 0.25) is 0 Å². The third-order valence-electron chi connectivity index (χ3n) is 4.28. The lowest BCUT2D eigenvalue weighted by molar-refractivity contribution is 0.210. The van der Waals surface area contributed by atoms with Gasteiger partial charge in [0.05, 0.1) is 0 Å². The van der Waals surface area contributed by atoms with Crippen molar-refractivity contribution in [2.75, 3.05) is 29.9 Å². The second-order valence-corrected chi connectivity index (χ2v) is 8.36. The first-order valence-electron chi connectivity index (χ1n) is 8.88. The average molecular weight is 390 g/mol. The van der Waals surface area contributed by atoms with Crippen molar-refractivity contribution in [3.05, 3.63) is 59.9 Å². The van der Waals surface area contributed by atoms with Gasteiger partial charge in [0, 0.05) is 41.1 Å². The van der Waals surface area contributed by atoms with Gasteiger partial charge in [0.2, 0.25) is 0 Å². The maximum atomic E-state index is 12.9. The summed E-state index contributed by atoms with van der Waals surface area (Å²) in [7, 11) is -0.859. The fourth-order valence-electron chi connectivity index (χ4n) is 2.96. The molecule has 1 fully saturated rings. The number of hydrogen-bond acceptors (Lipinski definition) is 3. The number of carbonyl (C=O) groups excluding carboxylic acids is 1. The monoisotopic (exact) mass is 390 g/mol. The van der Waals surface area contributed by atoms with Crippen molar-refractivity contribution < 1.29 is 18.1 Å². The molecule has 1 aliphatic rings. The Kier molecular flexibility index (Phi) is 6.45. The minimum Gasteiger partial charge on any atom is -0.489 e. The standard InChI is InChI=1S/C20H23FN2O3S/c1-15-12-23(9-10-27(25)14-15)20(24)22-18-4-2-3-16(11-18)13-26-19-7-5-17(21)6-8-19/h2-8,11,15H,9-10,12-14H2,1H3,(H,22,24). The molecule has 0 radical (unpaired) electrons. The zero-order chi connectivity index (χ0) is 19.2. The van der Waals surface area contributed by atoms with Gasteiger partial charge in [-0.15, -0.1) is 0 Å². The van der Waals surface area contributed by atoms with Gasteiger partial charge in [-0.1, -0.05) is 19.1 Å². The van der Waals surface area contributed by atoms with E-state index in [9.17, 15) is 13.4 Å². The molecule has 3 rings (SSSR count). The zero-order valence-electron chi connectivity index (χ0n) is 15.2. The molecule has 7 heteroatoms. The molecular weight excluding hydrogens is 367 g/mol. The second kappa shape index (κ2) is 8.99. The van der Waals surface area contributed by atoms with Crippen LogP contribution in [0.15, 0.2) is 48.5 Å². The Hall–Kier alpha value is -2.41. The van der Waals surface area contributed by atoms with Crippen LogP contribution in [0.3, 0.4) is 0 Å². The van der Waals surface area contributed by atoms with Crippen molar-refractivity contribution in [3.63, 3.8) is 0 Å². The zero-order valence-corrected chi connectivity index (χ0v) is 16.0. The average Bonchev–Trinajstić information content (AvgIpc) is 2.82. The van der Waals surface area contributed by atoms with E-state index >= 15 is 0 Å². The van der Waals surface area contributed by atoms with Crippen molar-refractivity contribution in [3.8, 4) is 5.75 Å². The molecule has 2 atom stereocenters. The molecule has 1 heterocycles. The molecule has 0 spiro atoms. The number of anilines is 1. The summed E-state index contributed by atoms with van der Waals surface area (Å²) in [6, 6.07) is 13.1. The van der Waals surface area contributed by atoms with E-state index in [1.165, 1.54) is 12.1 Å². The molecule has 0 aromatic heterocycles. The van der Waals surface area contributed by atoms with E-state index in [1.54, 1.807) is 17.0 Å². The Bertz CT molecular complexity index is 813. The number of urea groups is 1. The second-order valence-electron chi connectivity index (χ2n) is 6.73. The molecule has 0 bridgehead atoms. The molecule has 27 heavy (non-hydrogen) atoms. The Morgan fingerprint density at radius 1 is 1.30 bits per heavy atom. The van der Waals surface area contributed by atoms with Crippen LogP contribution in [0.1, 0.15) is 12.5 Å². The van der Waals surface area contributed by atoms with Gasteiger partial charge in [0.25, 0.3) is 0 Å². The lowest BCUT2D eigenvalue weighted by atomic mass is 10.2. The van der Waals surface area contributed by atoms with Crippen molar-refractivity contribution >= 4 is 22.5 Å². The Morgan fingerprint density at radius 3 is 2.85 bits per heavy atom. The summed E-state index contributed by atoms with van der Waals surface area (Å²) in [5.74, 6) is 1.65. The predicted octanol–water partition coefficient (Wildman–Crippen LogP) is 3.64. The number of nitrogens with one attached hydrogen (secondary N) is 1. The van der Waals surface area contributed by atoms with Crippen molar-refractivity contribution in [1.82, 2.24) is 4.90 Å². The van der Waals surface area contributed by atoms with Gasteiger partial charge in [-0.25, -0.2) is 9.18 Å². The molecule has 0 saturated carbocycles. The highest BCUT2D eigenvalue weighted by Crippen LogP contribution is 2.17. The fourth-order valence-corrected chi connectivity index (χ4v) is 4.29. The summed E-state index contributed by atoms with van der Waals surface area (Å²) in [4.78, 5) is 14.3. The maximum Gasteiger partial charge on any atom is 0.321 e. The highest BCUT2D eigenvalue weighted by molar-refractivity contribution is 7.85. The number of amides is 2. The van der Waals surface area contributed by atoms with E-state index in [-0.39, 0.29) is 17.8 Å². The number of carbonyl (C=O) groups is 1. The summed E-state index contributed by atoms with van der Waals surface area (Å²) in [5.41, 5.74) is 1.57. The number of benzene rings is 2. The molecule has 2 unspecified atom stereocenters. The third kappa shape index (κ3) is 5.79.